The second kappa shape index (κ2) is 8.89. The molecule has 2 N–H and O–H groups in total. The zero-order chi connectivity index (χ0) is 14.1. The molecule has 0 heterocycles. The van der Waals surface area contributed by atoms with Gasteiger partial charge < -0.3 is 5.73 Å². The lowest BCUT2D eigenvalue weighted by molar-refractivity contribution is -0.0484. The molecule has 0 aromatic heterocycles. The Morgan fingerprint density at radius 1 is 1.00 bits per heavy atom. The van der Waals surface area contributed by atoms with Crippen molar-refractivity contribution in [2.75, 3.05) is 0 Å². The van der Waals surface area contributed by atoms with Gasteiger partial charge in [-0.25, -0.2) is 8.78 Å². The summed E-state index contributed by atoms with van der Waals surface area (Å²) in [6.07, 6.45) is 11.4. The fourth-order valence-corrected chi connectivity index (χ4v) is 3.06. The number of nitrogens with two attached hydrogens (primary N) is 1. The highest BCUT2D eigenvalue weighted by atomic mass is 19.3. The smallest absolute Gasteiger partial charge is 0.248 e. The molecule has 1 unspecified atom stereocenters. The predicted molar refractivity (Wildman–Crippen MR) is 77.5 cm³/mol. The van der Waals surface area contributed by atoms with Crippen molar-refractivity contribution < 1.29 is 8.78 Å². The fraction of sp³-hybridized carbons (Fsp3) is 1.00. The van der Waals surface area contributed by atoms with E-state index in [1.165, 1.54) is 44.9 Å². The van der Waals surface area contributed by atoms with E-state index in [0.717, 1.165) is 6.42 Å². The van der Waals surface area contributed by atoms with Gasteiger partial charge in [-0.2, -0.15) is 0 Å². The van der Waals surface area contributed by atoms with Crippen LogP contribution in [-0.4, -0.2) is 12.0 Å². The first kappa shape index (κ1) is 16.9. The third-order valence-electron chi connectivity index (χ3n) is 4.51. The molecule has 1 atom stereocenters. The molecule has 0 spiro atoms. The van der Waals surface area contributed by atoms with Gasteiger partial charge in [-0.1, -0.05) is 51.9 Å². The Balaban J connectivity index is 2.00. The maximum Gasteiger partial charge on any atom is 0.248 e. The molecule has 0 bridgehead atoms. The molecule has 1 aliphatic rings. The molecular formula is C16H31F2N. The minimum atomic E-state index is -2.42. The first-order valence-corrected chi connectivity index (χ1v) is 8.18. The molecule has 0 amide bonds. The van der Waals surface area contributed by atoms with Gasteiger partial charge in [0.1, 0.15) is 0 Å². The Morgan fingerprint density at radius 2 is 1.53 bits per heavy atom. The van der Waals surface area contributed by atoms with Crippen LogP contribution in [0.4, 0.5) is 8.78 Å². The van der Waals surface area contributed by atoms with E-state index in [-0.39, 0.29) is 18.9 Å². The van der Waals surface area contributed by atoms with Crippen LogP contribution in [0.5, 0.6) is 0 Å². The number of hydrogen-bond donors (Lipinski definition) is 1. The fourth-order valence-electron chi connectivity index (χ4n) is 3.06. The summed E-state index contributed by atoms with van der Waals surface area (Å²) in [6, 6.07) is 0.145. The second-order valence-corrected chi connectivity index (χ2v) is 6.27. The molecule has 19 heavy (non-hydrogen) atoms. The highest BCUT2D eigenvalue weighted by Crippen LogP contribution is 2.37. The van der Waals surface area contributed by atoms with E-state index < -0.39 is 5.92 Å². The lowest BCUT2D eigenvalue weighted by Crippen LogP contribution is -2.36. The van der Waals surface area contributed by atoms with Crippen molar-refractivity contribution in [1.82, 2.24) is 0 Å². The normalized spacial score (nSPS) is 21.5. The summed E-state index contributed by atoms with van der Waals surface area (Å²) in [4.78, 5) is 0. The molecule has 0 radical (unpaired) electrons. The molecule has 1 nitrogen and oxygen atoms in total. The molecule has 1 rings (SSSR count). The number of rotatable bonds is 9. The van der Waals surface area contributed by atoms with Gasteiger partial charge in [-0.3, -0.25) is 0 Å². The zero-order valence-electron chi connectivity index (χ0n) is 12.5. The minimum Gasteiger partial charge on any atom is -0.327 e. The maximum atomic E-state index is 13.1. The molecule has 0 aromatic rings. The van der Waals surface area contributed by atoms with Crippen LogP contribution >= 0.6 is 0 Å². The van der Waals surface area contributed by atoms with Gasteiger partial charge in [0.2, 0.25) is 5.92 Å². The van der Waals surface area contributed by atoms with E-state index in [9.17, 15) is 8.78 Å². The second-order valence-electron chi connectivity index (χ2n) is 6.27. The van der Waals surface area contributed by atoms with Crippen LogP contribution in [0.25, 0.3) is 0 Å². The van der Waals surface area contributed by atoms with Crippen molar-refractivity contribution in [3.63, 3.8) is 0 Å². The topological polar surface area (TPSA) is 26.0 Å². The van der Waals surface area contributed by atoms with Crippen molar-refractivity contribution in [2.24, 2.45) is 11.7 Å². The zero-order valence-corrected chi connectivity index (χ0v) is 12.5. The van der Waals surface area contributed by atoms with E-state index in [0.29, 0.717) is 18.8 Å². The quantitative estimate of drug-likeness (QED) is 0.569. The lowest BCUT2D eigenvalue weighted by Gasteiger charge is -2.32. The van der Waals surface area contributed by atoms with Crippen LogP contribution in [0, 0.1) is 5.92 Å². The monoisotopic (exact) mass is 275 g/mol. The van der Waals surface area contributed by atoms with Crippen LogP contribution in [0.15, 0.2) is 0 Å². The van der Waals surface area contributed by atoms with E-state index in [4.69, 9.17) is 5.73 Å². The van der Waals surface area contributed by atoms with Gasteiger partial charge >= 0.3 is 0 Å². The molecule has 3 heteroatoms. The standard InChI is InChI=1S/C16H31F2N/c1-2-3-4-5-6-7-8-9-15(19)14-10-12-16(17,18)13-11-14/h14-15H,2-13,19H2,1H3. The molecule has 114 valence electrons. The van der Waals surface area contributed by atoms with Gasteiger partial charge in [0, 0.05) is 18.9 Å². The van der Waals surface area contributed by atoms with Gasteiger partial charge in [0.15, 0.2) is 0 Å². The van der Waals surface area contributed by atoms with Gasteiger partial charge in [-0.15, -0.1) is 0 Å². The number of halogens is 2. The van der Waals surface area contributed by atoms with Crippen molar-refractivity contribution in [1.29, 1.82) is 0 Å². The number of hydrogen-bond acceptors (Lipinski definition) is 1. The average molecular weight is 275 g/mol. The van der Waals surface area contributed by atoms with Gasteiger partial charge in [0.25, 0.3) is 0 Å². The number of alkyl halides is 2. The molecule has 1 aliphatic carbocycles. The highest BCUT2D eigenvalue weighted by Gasteiger charge is 2.36. The highest BCUT2D eigenvalue weighted by molar-refractivity contribution is 4.83. The van der Waals surface area contributed by atoms with E-state index >= 15 is 0 Å². The molecule has 1 fully saturated rings. The molecular weight excluding hydrogens is 244 g/mol. The summed E-state index contributed by atoms with van der Waals surface area (Å²) in [6.45, 7) is 2.23. The Labute approximate surface area is 117 Å². The molecule has 0 aromatic carbocycles. The summed E-state index contributed by atoms with van der Waals surface area (Å²) < 4.78 is 26.1. The summed E-state index contributed by atoms with van der Waals surface area (Å²) in [7, 11) is 0. The SMILES string of the molecule is CCCCCCCCCC(N)C1CCC(F)(F)CC1. The van der Waals surface area contributed by atoms with Crippen LogP contribution in [0.2, 0.25) is 0 Å². The van der Waals surface area contributed by atoms with Crippen LogP contribution in [0.1, 0.15) is 84.0 Å². The Kier molecular flexibility index (Phi) is 7.89. The van der Waals surface area contributed by atoms with Crippen LogP contribution in [0.3, 0.4) is 0 Å². The molecule has 0 aliphatic heterocycles. The van der Waals surface area contributed by atoms with Crippen LogP contribution < -0.4 is 5.73 Å². The summed E-state index contributed by atoms with van der Waals surface area (Å²) in [5, 5.41) is 0. The first-order valence-electron chi connectivity index (χ1n) is 8.18. The number of unbranched alkanes of at least 4 members (excludes halogenated alkanes) is 6. The van der Waals surface area contributed by atoms with Crippen molar-refractivity contribution in [3.05, 3.63) is 0 Å². The predicted octanol–water partition coefficient (Wildman–Crippen LogP) is 5.28. The third-order valence-corrected chi connectivity index (χ3v) is 4.51. The van der Waals surface area contributed by atoms with Crippen LogP contribution in [-0.2, 0) is 0 Å². The largest absolute Gasteiger partial charge is 0.327 e. The van der Waals surface area contributed by atoms with E-state index in [1.54, 1.807) is 0 Å². The average Bonchev–Trinajstić information content (AvgIpc) is 2.37. The maximum absolute atomic E-state index is 13.1. The first-order chi connectivity index (χ1) is 9.05. The van der Waals surface area contributed by atoms with E-state index in [2.05, 4.69) is 6.92 Å². The lowest BCUT2D eigenvalue weighted by atomic mass is 9.81. The van der Waals surface area contributed by atoms with Gasteiger partial charge in [-0.05, 0) is 25.2 Å². The Morgan fingerprint density at radius 3 is 2.11 bits per heavy atom. The van der Waals surface area contributed by atoms with Crippen molar-refractivity contribution >= 4 is 0 Å². The Hall–Kier alpha value is -0.180. The molecule has 1 saturated carbocycles. The van der Waals surface area contributed by atoms with Crippen molar-refractivity contribution in [2.45, 2.75) is 95.9 Å². The Bertz CT molecular complexity index is 221. The summed E-state index contributed by atoms with van der Waals surface area (Å²) in [5.74, 6) is -2.09. The summed E-state index contributed by atoms with van der Waals surface area (Å²) >= 11 is 0. The summed E-state index contributed by atoms with van der Waals surface area (Å²) in [5.41, 5.74) is 6.15. The minimum absolute atomic E-state index is 0.0440. The third kappa shape index (κ3) is 7.24. The van der Waals surface area contributed by atoms with Crippen molar-refractivity contribution in [3.8, 4) is 0 Å². The molecule has 0 saturated heterocycles. The van der Waals surface area contributed by atoms with E-state index in [1.807, 2.05) is 0 Å². The van der Waals surface area contributed by atoms with Gasteiger partial charge in [0.05, 0.1) is 0 Å².